The number of pyridine rings is 1. The van der Waals surface area contributed by atoms with E-state index in [1.807, 2.05) is 13.0 Å². The standard InChI is InChI=1S/C18H19ClN2O2/c1-10-3-5-15-12(7-10)9-13(17(22)20-15)18(23)21-16-6-4-11(2)8-14(16)19/h4,6,8-10H,3,5,7H2,1-2H3,(H,20,22)(H,21,23). The summed E-state index contributed by atoms with van der Waals surface area (Å²) in [6.45, 7) is 4.10. The van der Waals surface area contributed by atoms with E-state index in [0.29, 0.717) is 16.6 Å². The fourth-order valence-corrected chi connectivity index (χ4v) is 3.25. The number of H-pyrrole nitrogens is 1. The number of nitrogens with one attached hydrogen (secondary N) is 2. The number of benzene rings is 1. The first-order valence-corrected chi connectivity index (χ1v) is 8.14. The molecule has 3 rings (SSSR count). The molecule has 1 aromatic carbocycles. The average molecular weight is 331 g/mol. The van der Waals surface area contributed by atoms with Crippen LogP contribution in [0.4, 0.5) is 5.69 Å². The van der Waals surface area contributed by atoms with Crippen LogP contribution in [-0.2, 0) is 12.8 Å². The van der Waals surface area contributed by atoms with Gasteiger partial charge in [0.05, 0.1) is 10.7 Å². The SMILES string of the molecule is Cc1ccc(NC(=O)c2cc3c([nH]c2=O)CCC(C)C3)c(Cl)c1. The lowest BCUT2D eigenvalue weighted by Crippen LogP contribution is -2.27. The molecular formula is C18H19ClN2O2. The van der Waals surface area contributed by atoms with Crippen LogP contribution in [0, 0.1) is 12.8 Å². The summed E-state index contributed by atoms with van der Waals surface area (Å²) in [5.74, 6) is 0.133. The van der Waals surface area contributed by atoms with Gasteiger partial charge < -0.3 is 10.3 Å². The zero-order chi connectivity index (χ0) is 16.6. The number of carbonyl (C=O) groups excluding carboxylic acids is 1. The summed E-state index contributed by atoms with van der Waals surface area (Å²) in [5.41, 5.74) is 3.32. The van der Waals surface area contributed by atoms with Crippen LogP contribution < -0.4 is 10.9 Å². The normalized spacial score (nSPS) is 16.7. The maximum atomic E-state index is 12.4. The van der Waals surface area contributed by atoms with Gasteiger partial charge in [0.25, 0.3) is 11.5 Å². The van der Waals surface area contributed by atoms with Gasteiger partial charge >= 0.3 is 0 Å². The number of hydrogen-bond donors (Lipinski definition) is 2. The molecule has 1 aliphatic rings. The van der Waals surface area contributed by atoms with Crippen molar-refractivity contribution in [3.8, 4) is 0 Å². The third-order valence-corrected chi connectivity index (χ3v) is 4.60. The van der Waals surface area contributed by atoms with Crippen LogP contribution in [0.25, 0.3) is 0 Å². The monoisotopic (exact) mass is 330 g/mol. The zero-order valence-electron chi connectivity index (χ0n) is 13.2. The van der Waals surface area contributed by atoms with E-state index in [9.17, 15) is 9.59 Å². The minimum absolute atomic E-state index is 0.134. The molecule has 0 saturated heterocycles. The van der Waals surface area contributed by atoms with Crippen LogP contribution in [0.15, 0.2) is 29.1 Å². The van der Waals surface area contributed by atoms with Gasteiger partial charge in [-0.1, -0.05) is 24.6 Å². The molecule has 120 valence electrons. The van der Waals surface area contributed by atoms with Gasteiger partial charge in [0.15, 0.2) is 0 Å². The number of hydrogen-bond acceptors (Lipinski definition) is 2. The third kappa shape index (κ3) is 3.32. The van der Waals surface area contributed by atoms with E-state index in [4.69, 9.17) is 11.6 Å². The van der Waals surface area contributed by atoms with Crippen molar-refractivity contribution < 1.29 is 4.79 Å². The molecule has 2 aromatic rings. The molecule has 5 heteroatoms. The third-order valence-electron chi connectivity index (χ3n) is 4.29. The highest BCUT2D eigenvalue weighted by Crippen LogP contribution is 2.25. The molecule has 1 aliphatic carbocycles. The largest absolute Gasteiger partial charge is 0.325 e. The van der Waals surface area contributed by atoms with Crippen molar-refractivity contribution in [3.63, 3.8) is 0 Å². The molecule has 1 aromatic heterocycles. The van der Waals surface area contributed by atoms with Gasteiger partial charge in [-0.05, 0) is 61.4 Å². The lowest BCUT2D eigenvalue weighted by Gasteiger charge is -2.21. The number of halogens is 1. The van der Waals surface area contributed by atoms with E-state index in [1.165, 1.54) is 0 Å². The predicted molar refractivity (Wildman–Crippen MR) is 92.4 cm³/mol. The Morgan fingerprint density at radius 1 is 1.35 bits per heavy atom. The summed E-state index contributed by atoms with van der Waals surface area (Å²) in [6.07, 6.45) is 2.81. The van der Waals surface area contributed by atoms with Crippen molar-refractivity contribution in [2.24, 2.45) is 5.92 Å². The first-order chi connectivity index (χ1) is 10.9. The van der Waals surface area contributed by atoms with E-state index in [-0.39, 0.29) is 11.1 Å². The van der Waals surface area contributed by atoms with Crippen LogP contribution in [0.1, 0.15) is 40.5 Å². The van der Waals surface area contributed by atoms with Crippen molar-refractivity contribution in [2.75, 3.05) is 5.32 Å². The van der Waals surface area contributed by atoms with Crippen molar-refractivity contribution in [1.29, 1.82) is 0 Å². The van der Waals surface area contributed by atoms with Gasteiger partial charge in [-0.2, -0.15) is 0 Å². The molecular weight excluding hydrogens is 312 g/mol. The minimum Gasteiger partial charge on any atom is -0.325 e. The van der Waals surface area contributed by atoms with E-state index in [2.05, 4.69) is 17.2 Å². The fourth-order valence-electron chi connectivity index (χ4n) is 2.96. The van der Waals surface area contributed by atoms with Crippen molar-refractivity contribution in [1.82, 2.24) is 4.98 Å². The molecule has 0 saturated carbocycles. The molecule has 0 spiro atoms. The van der Waals surface area contributed by atoms with Crippen LogP contribution in [0.5, 0.6) is 0 Å². The molecule has 0 aliphatic heterocycles. The summed E-state index contributed by atoms with van der Waals surface area (Å²) >= 11 is 6.13. The summed E-state index contributed by atoms with van der Waals surface area (Å²) in [5, 5.41) is 3.18. The summed E-state index contributed by atoms with van der Waals surface area (Å²) in [7, 11) is 0. The lowest BCUT2D eigenvalue weighted by atomic mass is 9.87. The number of aromatic nitrogens is 1. The van der Waals surface area contributed by atoms with Crippen LogP contribution >= 0.6 is 11.6 Å². The molecule has 1 unspecified atom stereocenters. The zero-order valence-corrected chi connectivity index (χ0v) is 14.0. The molecule has 0 bridgehead atoms. The second-order valence-corrected chi connectivity index (χ2v) is 6.71. The molecule has 2 N–H and O–H groups in total. The fraction of sp³-hybridized carbons (Fsp3) is 0.333. The Hall–Kier alpha value is -2.07. The Balaban J connectivity index is 1.90. The topological polar surface area (TPSA) is 62.0 Å². The quantitative estimate of drug-likeness (QED) is 0.881. The van der Waals surface area contributed by atoms with Crippen LogP contribution in [0.3, 0.4) is 0 Å². The Morgan fingerprint density at radius 2 is 2.13 bits per heavy atom. The number of fused-ring (bicyclic) bond motifs is 1. The number of rotatable bonds is 2. The Kier molecular flexibility index (Phi) is 4.26. The molecule has 23 heavy (non-hydrogen) atoms. The lowest BCUT2D eigenvalue weighted by molar-refractivity contribution is 0.102. The maximum absolute atomic E-state index is 12.4. The van der Waals surface area contributed by atoms with E-state index >= 15 is 0 Å². The van der Waals surface area contributed by atoms with Crippen molar-refractivity contribution >= 4 is 23.2 Å². The van der Waals surface area contributed by atoms with Crippen LogP contribution in [-0.4, -0.2) is 10.9 Å². The highest BCUT2D eigenvalue weighted by atomic mass is 35.5. The molecule has 1 amide bonds. The number of aryl methyl sites for hydroxylation is 2. The van der Waals surface area contributed by atoms with E-state index in [0.717, 1.165) is 36.1 Å². The smallest absolute Gasteiger partial charge is 0.261 e. The molecule has 0 fully saturated rings. The summed E-state index contributed by atoms with van der Waals surface area (Å²) in [6, 6.07) is 7.10. The Morgan fingerprint density at radius 3 is 2.87 bits per heavy atom. The highest BCUT2D eigenvalue weighted by molar-refractivity contribution is 6.34. The number of aromatic amines is 1. The van der Waals surface area contributed by atoms with Gasteiger partial charge in [-0.25, -0.2) is 0 Å². The van der Waals surface area contributed by atoms with E-state index < -0.39 is 5.91 Å². The molecule has 1 heterocycles. The Labute approximate surface area is 139 Å². The van der Waals surface area contributed by atoms with Gasteiger partial charge in [0.1, 0.15) is 5.56 Å². The minimum atomic E-state index is -0.432. The van der Waals surface area contributed by atoms with Crippen molar-refractivity contribution in [2.45, 2.75) is 33.1 Å². The molecule has 1 atom stereocenters. The number of carbonyl (C=O) groups is 1. The van der Waals surface area contributed by atoms with Gasteiger partial charge in [-0.3, -0.25) is 9.59 Å². The Bertz CT molecular complexity index is 826. The van der Waals surface area contributed by atoms with Crippen LogP contribution in [0.2, 0.25) is 5.02 Å². The number of anilines is 1. The van der Waals surface area contributed by atoms with Gasteiger partial charge in [-0.15, -0.1) is 0 Å². The summed E-state index contributed by atoms with van der Waals surface area (Å²) in [4.78, 5) is 27.5. The summed E-state index contributed by atoms with van der Waals surface area (Å²) < 4.78 is 0. The second-order valence-electron chi connectivity index (χ2n) is 6.30. The second kappa shape index (κ2) is 6.20. The van der Waals surface area contributed by atoms with Gasteiger partial charge in [0.2, 0.25) is 0 Å². The molecule has 0 radical (unpaired) electrons. The number of amides is 1. The van der Waals surface area contributed by atoms with Crippen molar-refractivity contribution in [3.05, 3.63) is 62.0 Å². The van der Waals surface area contributed by atoms with E-state index in [1.54, 1.807) is 18.2 Å². The highest BCUT2D eigenvalue weighted by Gasteiger charge is 2.20. The maximum Gasteiger partial charge on any atom is 0.261 e. The predicted octanol–water partition coefficient (Wildman–Crippen LogP) is 3.71. The first-order valence-electron chi connectivity index (χ1n) is 7.76. The average Bonchev–Trinajstić information content (AvgIpc) is 2.49. The molecule has 4 nitrogen and oxygen atoms in total. The van der Waals surface area contributed by atoms with Gasteiger partial charge in [0, 0.05) is 5.69 Å². The first kappa shape index (κ1) is 15.8.